The molecule has 0 N–H and O–H groups in total. The number of nitrogens with zero attached hydrogens (tertiary/aromatic N) is 8. The molecule has 0 saturated carbocycles. The standard InChI is InChI=1S/C25H25FN8O2S/c1-25(2,3)36-24(35)32-9-5-6-18(15-32)34-30-13-20(31-34)16-10-21(37-23-19(26)7-4-8-28-23)22-17(11-27)12-29-33(22)14-16/h4,7-8,10,12-14,18H,5-6,9,15H2,1-3H3/t18-/m0/s1. The lowest BCUT2D eigenvalue weighted by atomic mass is 10.1. The van der Waals surface area contributed by atoms with E-state index in [0.717, 1.165) is 24.6 Å². The monoisotopic (exact) mass is 520 g/mol. The van der Waals surface area contributed by atoms with Crippen LogP contribution < -0.4 is 0 Å². The zero-order valence-corrected chi connectivity index (χ0v) is 21.4. The van der Waals surface area contributed by atoms with E-state index in [2.05, 4.69) is 21.3 Å². The Morgan fingerprint density at radius 3 is 2.89 bits per heavy atom. The highest BCUT2D eigenvalue weighted by molar-refractivity contribution is 7.99. The van der Waals surface area contributed by atoms with Crippen LogP contribution in [0.3, 0.4) is 0 Å². The molecule has 190 valence electrons. The summed E-state index contributed by atoms with van der Waals surface area (Å²) in [4.78, 5) is 20.6. The van der Waals surface area contributed by atoms with Gasteiger partial charge in [-0.1, -0.05) is 11.8 Å². The summed E-state index contributed by atoms with van der Waals surface area (Å²) < 4.78 is 21.5. The first-order valence-corrected chi connectivity index (χ1v) is 12.6. The van der Waals surface area contributed by atoms with E-state index in [0.29, 0.717) is 40.3 Å². The first-order valence-electron chi connectivity index (χ1n) is 11.8. The van der Waals surface area contributed by atoms with Crippen molar-refractivity contribution < 1.29 is 13.9 Å². The Morgan fingerprint density at radius 1 is 1.30 bits per heavy atom. The zero-order chi connectivity index (χ0) is 26.2. The van der Waals surface area contributed by atoms with Crippen LogP contribution in [0, 0.1) is 17.1 Å². The molecule has 1 saturated heterocycles. The number of halogens is 1. The largest absolute Gasteiger partial charge is 0.444 e. The maximum Gasteiger partial charge on any atom is 0.410 e. The molecule has 1 aliphatic rings. The summed E-state index contributed by atoms with van der Waals surface area (Å²) in [5, 5.41) is 23.2. The first-order chi connectivity index (χ1) is 17.7. The molecule has 0 aliphatic carbocycles. The number of hydrogen-bond donors (Lipinski definition) is 0. The Morgan fingerprint density at radius 2 is 2.14 bits per heavy atom. The Balaban J connectivity index is 1.44. The number of piperidine rings is 1. The minimum atomic E-state index is -0.564. The van der Waals surface area contributed by atoms with Gasteiger partial charge in [-0.2, -0.15) is 25.4 Å². The predicted molar refractivity (Wildman–Crippen MR) is 133 cm³/mol. The van der Waals surface area contributed by atoms with Crippen LogP contribution in [0.4, 0.5) is 9.18 Å². The van der Waals surface area contributed by atoms with Gasteiger partial charge in [-0.05, 0) is 51.8 Å². The molecule has 0 bridgehead atoms. The van der Waals surface area contributed by atoms with Crippen LogP contribution in [0.15, 0.2) is 52.9 Å². The predicted octanol–water partition coefficient (Wildman–Crippen LogP) is 4.72. The second kappa shape index (κ2) is 9.82. The summed E-state index contributed by atoms with van der Waals surface area (Å²) in [6, 6.07) is 6.75. The molecule has 0 unspecified atom stereocenters. The Hall–Kier alpha value is -3.98. The normalized spacial score (nSPS) is 16.1. The van der Waals surface area contributed by atoms with E-state index in [1.165, 1.54) is 24.5 Å². The Bertz CT molecular complexity index is 1500. The van der Waals surface area contributed by atoms with Crippen LogP contribution in [0.5, 0.6) is 0 Å². The van der Waals surface area contributed by atoms with Crippen molar-refractivity contribution in [3.8, 4) is 17.3 Å². The van der Waals surface area contributed by atoms with E-state index in [4.69, 9.17) is 9.84 Å². The number of nitriles is 1. The third kappa shape index (κ3) is 5.27. The molecule has 1 amide bonds. The van der Waals surface area contributed by atoms with Crippen molar-refractivity contribution in [2.45, 2.75) is 55.2 Å². The van der Waals surface area contributed by atoms with Crippen LogP contribution in [0.2, 0.25) is 0 Å². The summed E-state index contributed by atoms with van der Waals surface area (Å²) >= 11 is 1.12. The minimum absolute atomic E-state index is 0.0925. The summed E-state index contributed by atoms with van der Waals surface area (Å²) in [5.41, 5.74) is 1.66. The lowest BCUT2D eigenvalue weighted by molar-refractivity contribution is 0.0160. The van der Waals surface area contributed by atoms with Crippen molar-refractivity contribution in [2.75, 3.05) is 13.1 Å². The molecule has 5 heterocycles. The van der Waals surface area contributed by atoms with Crippen molar-refractivity contribution in [3.63, 3.8) is 0 Å². The fourth-order valence-corrected chi connectivity index (χ4v) is 5.13. The molecule has 1 atom stereocenters. The van der Waals surface area contributed by atoms with Crippen LogP contribution >= 0.6 is 11.8 Å². The average molecular weight is 521 g/mol. The van der Waals surface area contributed by atoms with E-state index < -0.39 is 11.4 Å². The Kier molecular flexibility index (Phi) is 6.55. The summed E-state index contributed by atoms with van der Waals surface area (Å²) in [6.07, 6.45) is 7.71. The lowest BCUT2D eigenvalue weighted by Gasteiger charge is -2.33. The third-order valence-corrected chi connectivity index (χ3v) is 6.83. The van der Waals surface area contributed by atoms with E-state index in [1.807, 2.05) is 26.8 Å². The van der Waals surface area contributed by atoms with Crippen LogP contribution in [0.25, 0.3) is 16.8 Å². The van der Waals surface area contributed by atoms with E-state index >= 15 is 0 Å². The van der Waals surface area contributed by atoms with Gasteiger partial charge in [0.25, 0.3) is 0 Å². The highest BCUT2D eigenvalue weighted by Gasteiger charge is 2.29. The summed E-state index contributed by atoms with van der Waals surface area (Å²) in [5.74, 6) is -0.452. The second-order valence-electron chi connectivity index (χ2n) is 9.72. The number of likely N-dealkylation sites (tertiary alicyclic amines) is 1. The zero-order valence-electron chi connectivity index (χ0n) is 20.6. The van der Waals surface area contributed by atoms with Gasteiger partial charge in [-0.15, -0.1) is 0 Å². The number of rotatable bonds is 4. The molecular weight excluding hydrogens is 495 g/mol. The molecular formula is C25H25FN8O2S. The molecule has 12 heteroatoms. The highest BCUT2D eigenvalue weighted by Crippen LogP contribution is 2.35. The minimum Gasteiger partial charge on any atom is -0.444 e. The molecule has 4 aromatic heterocycles. The van der Waals surface area contributed by atoms with E-state index in [-0.39, 0.29) is 17.2 Å². The van der Waals surface area contributed by atoms with Crippen molar-refractivity contribution in [2.24, 2.45) is 0 Å². The van der Waals surface area contributed by atoms with Gasteiger partial charge in [0.2, 0.25) is 0 Å². The van der Waals surface area contributed by atoms with Gasteiger partial charge in [0, 0.05) is 35.9 Å². The van der Waals surface area contributed by atoms with E-state index in [9.17, 15) is 14.4 Å². The summed E-state index contributed by atoms with van der Waals surface area (Å²) in [7, 11) is 0. The van der Waals surface area contributed by atoms with Gasteiger partial charge in [0.1, 0.15) is 22.4 Å². The number of aromatic nitrogens is 6. The number of hydrogen-bond acceptors (Lipinski definition) is 8. The van der Waals surface area contributed by atoms with Crippen molar-refractivity contribution in [3.05, 3.63) is 54.4 Å². The van der Waals surface area contributed by atoms with Gasteiger partial charge in [-0.3, -0.25) is 0 Å². The molecule has 0 radical (unpaired) electrons. The average Bonchev–Trinajstić information content (AvgIpc) is 3.52. The molecule has 1 fully saturated rings. The smallest absolute Gasteiger partial charge is 0.410 e. The fraction of sp³-hybridized carbons (Fsp3) is 0.360. The third-order valence-electron chi connectivity index (χ3n) is 5.81. The molecule has 37 heavy (non-hydrogen) atoms. The van der Waals surface area contributed by atoms with Crippen LogP contribution in [-0.2, 0) is 4.74 Å². The van der Waals surface area contributed by atoms with Gasteiger partial charge in [0.05, 0.1) is 29.5 Å². The molecule has 10 nitrogen and oxygen atoms in total. The maximum atomic E-state index is 14.4. The molecule has 0 spiro atoms. The van der Waals surface area contributed by atoms with E-state index in [1.54, 1.807) is 26.6 Å². The van der Waals surface area contributed by atoms with Crippen LogP contribution in [0.1, 0.15) is 45.2 Å². The van der Waals surface area contributed by atoms with Gasteiger partial charge in [0.15, 0.2) is 5.82 Å². The number of carbonyl (C=O) groups is 1. The number of pyridine rings is 2. The fourth-order valence-electron chi connectivity index (χ4n) is 4.15. The lowest BCUT2D eigenvalue weighted by Crippen LogP contribution is -2.43. The van der Waals surface area contributed by atoms with Crippen molar-refractivity contribution in [1.29, 1.82) is 5.26 Å². The SMILES string of the molecule is CC(C)(C)OC(=O)N1CCC[C@H](n2ncc(-c3cc(Sc4ncccc4F)c4c(C#N)cnn4c3)n2)C1. The highest BCUT2D eigenvalue weighted by atomic mass is 32.2. The number of fused-ring (bicyclic) bond motifs is 1. The van der Waals surface area contributed by atoms with Crippen molar-refractivity contribution >= 4 is 23.4 Å². The topological polar surface area (TPSA) is 114 Å². The quantitative estimate of drug-likeness (QED) is 0.380. The van der Waals surface area contributed by atoms with Crippen LogP contribution in [-0.4, -0.2) is 59.3 Å². The van der Waals surface area contributed by atoms with Gasteiger partial charge >= 0.3 is 6.09 Å². The first kappa shape index (κ1) is 24.7. The molecule has 0 aromatic carbocycles. The number of ether oxygens (including phenoxy) is 1. The Labute approximate surface area is 217 Å². The maximum absolute atomic E-state index is 14.4. The van der Waals surface area contributed by atoms with Gasteiger partial charge in [-0.25, -0.2) is 18.7 Å². The number of amides is 1. The molecule has 1 aliphatic heterocycles. The summed E-state index contributed by atoms with van der Waals surface area (Å²) in [6.45, 7) is 6.61. The second-order valence-corrected chi connectivity index (χ2v) is 10.8. The number of carbonyl (C=O) groups excluding carboxylic acids is 1. The van der Waals surface area contributed by atoms with Crippen molar-refractivity contribution in [1.82, 2.24) is 34.5 Å². The van der Waals surface area contributed by atoms with Gasteiger partial charge < -0.3 is 9.64 Å². The molecule has 5 rings (SSSR count). The molecule has 4 aromatic rings.